The molecule has 0 fully saturated rings. The average Bonchev–Trinajstić information content (AvgIpc) is 1.78. The first-order valence-corrected chi connectivity index (χ1v) is 4.30. The number of nitrogens with one attached hydrogen (secondary N) is 1. The van der Waals surface area contributed by atoms with E-state index in [4.69, 9.17) is 5.11 Å². The van der Waals surface area contributed by atoms with Crippen LogP contribution in [-0.4, -0.2) is 24.3 Å². The topological polar surface area (TPSA) is 32.3 Å². The SMILES string of the molecule is CC(O)CCNCC(C)(C)C. The molecule has 0 aliphatic carbocycles. The van der Waals surface area contributed by atoms with Crippen LogP contribution in [0.4, 0.5) is 0 Å². The Labute approximate surface area is 70.0 Å². The zero-order valence-corrected chi connectivity index (χ0v) is 8.15. The molecule has 0 saturated carbocycles. The van der Waals surface area contributed by atoms with Crippen LogP contribution < -0.4 is 5.32 Å². The van der Waals surface area contributed by atoms with Gasteiger partial charge in [-0.2, -0.15) is 0 Å². The van der Waals surface area contributed by atoms with E-state index in [2.05, 4.69) is 26.1 Å². The van der Waals surface area contributed by atoms with Gasteiger partial charge >= 0.3 is 0 Å². The van der Waals surface area contributed by atoms with Gasteiger partial charge in [0.25, 0.3) is 0 Å². The molecular formula is C9H21NO. The van der Waals surface area contributed by atoms with E-state index in [0.29, 0.717) is 5.41 Å². The molecule has 1 atom stereocenters. The van der Waals surface area contributed by atoms with E-state index < -0.39 is 0 Å². The number of aliphatic hydroxyl groups is 1. The highest BCUT2D eigenvalue weighted by atomic mass is 16.3. The fourth-order valence-electron chi connectivity index (χ4n) is 0.774. The van der Waals surface area contributed by atoms with Gasteiger partial charge in [0.1, 0.15) is 0 Å². The van der Waals surface area contributed by atoms with Gasteiger partial charge < -0.3 is 10.4 Å². The minimum absolute atomic E-state index is 0.178. The van der Waals surface area contributed by atoms with Crippen molar-refractivity contribution in [1.82, 2.24) is 5.32 Å². The van der Waals surface area contributed by atoms with Crippen LogP contribution in [0.1, 0.15) is 34.1 Å². The molecule has 2 heteroatoms. The molecule has 0 heterocycles. The predicted octanol–water partition coefficient (Wildman–Crippen LogP) is 1.39. The molecule has 0 aliphatic rings. The minimum Gasteiger partial charge on any atom is -0.393 e. The Morgan fingerprint density at radius 1 is 1.36 bits per heavy atom. The lowest BCUT2D eigenvalue weighted by molar-refractivity contribution is 0.182. The van der Waals surface area contributed by atoms with E-state index in [9.17, 15) is 0 Å². The van der Waals surface area contributed by atoms with Crippen molar-refractivity contribution in [3.05, 3.63) is 0 Å². The summed E-state index contributed by atoms with van der Waals surface area (Å²) in [5.41, 5.74) is 0.346. The fraction of sp³-hybridized carbons (Fsp3) is 1.00. The molecule has 2 N–H and O–H groups in total. The molecule has 0 bridgehead atoms. The van der Waals surface area contributed by atoms with Crippen LogP contribution in [0.15, 0.2) is 0 Å². The smallest absolute Gasteiger partial charge is 0.0524 e. The molecular weight excluding hydrogens is 138 g/mol. The first-order chi connectivity index (χ1) is 4.92. The van der Waals surface area contributed by atoms with Gasteiger partial charge in [0.2, 0.25) is 0 Å². The van der Waals surface area contributed by atoms with E-state index in [0.717, 1.165) is 19.5 Å². The lowest BCUT2D eigenvalue weighted by atomic mass is 9.97. The predicted molar refractivity (Wildman–Crippen MR) is 48.6 cm³/mol. The summed E-state index contributed by atoms with van der Waals surface area (Å²) in [7, 11) is 0. The first kappa shape index (κ1) is 10.9. The van der Waals surface area contributed by atoms with Crippen LogP contribution in [-0.2, 0) is 0 Å². The lowest BCUT2D eigenvalue weighted by Gasteiger charge is -2.18. The Hall–Kier alpha value is -0.0800. The van der Waals surface area contributed by atoms with Crippen molar-refractivity contribution in [2.24, 2.45) is 5.41 Å². The summed E-state index contributed by atoms with van der Waals surface area (Å²) in [5.74, 6) is 0. The zero-order valence-electron chi connectivity index (χ0n) is 8.15. The summed E-state index contributed by atoms with van der Waals surface area (Å²) in [4.78, 5) is 0. The average molecular weight is 159 g/mol. The van der Waals surface area contributed by atoms with Crippen molar-refractivity contribution in [2.75, 3.05) is 13.1 Å². The van der Waals surface area contributed by atoms with E-state index in [1.807, 2.05) is 6.92 Å². The number of hydrogen-bond acceptors (Lipinski definition) is 2. The molecule has 68 valence electrons. The van der Waals surface area contributed by atoms with E-state index in [1.54, 1.807) is 0 Å². The van der Waals surface area contributed by atoms with Gasteiger partial charge in [-0.05, 0) is 31.8 Å². The standard InChI is InChI=1S/C9H21NO/c1-8(11)5-6-10-7-9(2,3)4/h8,10-11H,5-7H2,1-4H3. The molecule has 0 amide bonds. The number of rotatable bonds is 4. The molecule has 0 aliphatic heterocycles. The summed E-state index contributed by atoms with van der Waals surface area (Å²) in [5, 5.41) is 12.2. The maximum absolute atomic E-state index is 8.94. The third-order valence-electron chi connectivity index (χ3n) is 1.39. The minimum atomic E-state index is -0.178. The van der Waals surface area contributed by atoms with Crippen molar-refractivity contribution >= 4 is 0 Å². The largest absolute Gasteiger partial charge is 0.393 e. The summed E-state index contributed by atoms with van der Waals surface area (Å²) < 4.78 is 0. The van der Waals surface area contributed by atoms with Crippen molar-refractivity contribution < 1.29 is 5.11 Å². The third-order valence-corrected chi connectivity index (χ3v) is 1.39. The second-order valence-electron chi connectivity index (χ2n) is 4.38. The molecule has 0 rings (SSSR count). The third kappa shape index (κ3) is 9.92. The lowest BCUT2D eigenvalue weighted by Crippen LogP contribution is -2.28. The monoisotopic (exact) mass is 159 g/mol. The molecule has 0 aromatic carbocycles. The normalized spacial score (nSPS) is 15.0. The van der Waals surface area contributed by atoms with Crippen LogP contribution in [0.25, 0.3) is 0 Å². The summed E-state index contributed by atoms with van der Waals surface area (Å²) in [6, 6.07) is 0. The molecule has 2 nitrogen and oxygen atoms in total. The number of aliphatic hydroxyl groups excluding tert-OH is 1. The maximum atomic E-state index is 8.94. The Morgan fingerprint density at radius 2 is 1.91 bits per heavy atom. The van der Waals surface area contributed by atoms with Crippen LogP contribution in [0.3, 0.4) is 0 Å². The van der Waals surface area contributed by atoms with Crippen LogP contribution in [0, 0.1) is 5.41 Å². The van der Waals surface area contributed by atoms with Crippen molar-refractivity contribution in [1.29, 1.82) is 0 Å². The van der Waals surface area contributed by atoms with Gasteiger partial charge in [0, 0.05) is 0 Å². The fourth-order valence-corrected chi connectivity index (χ4v) is 0.774. The van der Waals surface area contributed by atoms with Crippen LogP contribution in [0.5, 0.6) is 0 Å². The quantitative estimate of drug-likeness (QED) is 0.608. The maximum Gasteiger partial charge on any atom is 0.0524 e. The zero-order chi connectivity index (χ0) is 8.91. The van der Waals surface area contributed by atoms with Gasteiger partial charge in [-0.1, -0.05) is 20.8 Å². The van der Waals surface area contributed by atoms with Crippen molar-refractivity contribution in [3.63, 3.8) is 0 Å². The van der Waals surface area contributed by atoms with Gasteiger partial charge in [-0.3, -0.25) is 0 Å². The van der Waals surface area contributed by atoms with Crippen LogP contribution in [0.2, 0.25) is 0 Å². The highest BCUT2D eigenvalue weighted by molar-refractivity contribution is 4.64. The van der Waals surface area contributed by atoms with Gasteiger partial charge in [-0.25, -0.2) is 0 Å². The highest BCUT2D eigenvalue weighted by Gasteiger charge is 2.08. The second kappa shape index (κ2) is 4.73. The Bertz CT molecular complexity index is 94.2. The van der Waals surface area contributed by atoms with Crippen LogP contribution >= 0.6 is 0 Å². The van der Waals surface area contributed by atoms with Gasteiger partial charge in [0.15, 0.2) is 0 Å². The van der Waals surface area contributed by atoms with Gasteiger partial charge in [-0.15, -0.1) is 0 Å². The molecule has 0 aromatic rings. The molecule has 0 saturated heterocycles. The second-order valence-corrected chi connectivity index (χ2v) is 4.38. The molecule has 11 heavy (non-hydrogen) atoms. The van der Waals surface area contributed by atoms with E-state index >= 15 is 0 Å². The molecule has 1 unspecified atom stereocenters. The Kier molecular flexibility index (Phi) is 4.69. The molecule has 0 spiro atoms. The summed E-state index contributed by atoms with van der Waals surface area (Å²) in [6.07, 6.45) is 0.665. The van der Waals surface area contributed by atoms with Crippen molar-refractivity contribution in [2.45, 2.75) is 40.2 Å². The summed E-state index contributed by atoms with van der Waals surface area (Å²) >= 11 is 0. The summed E-state index contributed by atoms with van der Waals surface area (Å²) in [6.45, 7) is 10.3. The Morgan fingerprint density at radius 3 is 2.27 bits per heavy atom. The van der Waals surface area contributed by atoms with Gasteiger partial charge in [0.05, 0.1) is 6.10 Å². The highest BCUT2D eigenvalue weighted by Crippen LogP contribution is 2.09. The Balaban J connectivity index is 3.15. The van der Waals surface area contributed by atoms with E-state index in [1.165, 1.54) is 0 Å². The number of hydrogen-bond donors (Lipinski definition) is 2. The first-order valence-electron chi connectivity index (χ1n) is 4.30. The van der Waals surface area contributed by atoms with Crippen molar-refractivity contribution in [3.8, 4) is 0 Å². The molecule has 0 aromatic heterocycles. The molecule has 0 radical (unpaired) electrons. The van der Waals surface area contributed by atoms with E-state index in [-0.39, 0.29) is 6.10 Å².